The van der Waals surface area contributed by atoms with E-state index in [9.17, 15) is 0 Å². The second-order valence-corrected chi connectivity index (χ2v) is 14.2. The Labute approximate surface area is 223 Å². The molecule has 2 atom stereocenters. The molecule has 1 fully saturated rings. The third kappa shape index (κ3) is 5.13. The first-order valence-electron chi connectivity index (χ1n) is 13.0. The Hall–Kier alpha value is -3.24. The Morgan fingerprint density at radius 1 is 0.459 bits per heavy atom. The van der Waals surface area contributed by atoms with E-state index in [1.807, 2.05) is 0 Å². The van der Waals surface area contributed by atoms with Gasteiger partial charge in [0.2, 0.25) is 0 Å². The fraction of sp³-hybridized carbons (Fsp3) is 0.118. The number of hydrogen-bond donors (Lipinski definition) is 0. The van der Waals surface area contributed by atoms with Crippen LogP contribution >= 0.6 is 16.1 Å². The fourth-order valence-electron chi connectivity index (χ4n) is 5.47. The smallest absolute Gasteiger partial charge is 0.0585 e. The van der Waals surface area contributed by atoms with Crippen molar-refractivity contribution in [3.8, 4) is 0 Å². The van der Waals surface area contributed by atoms with Crippen LogP contribution in [-0.2, 0) is 0 Å². The van der Waals surface area contributed by atoms with Gasteiger partial charge in [-0.15, -0.1) is 0 Å². The minimum Gasteiger partial charge on any atom is -0.320 e. The maximum atomic E-state index is 2.87. The lowest BCUT2D eigenvalue weighted by molar-refractivity contribution is 0.765. The van der Waals surface area contributed by atoms with Crippen molar-refractivity contribution >= 4 is 32.4 Å². The summed E-state index contributed by atoms with van der Waals surface area (Å²) in [4.78, 5) is 0. The van der Waals surface area contributed by atoms with E-state index in [1.54, 1.807) is 0 Å². The van der Waals surface area contributed by atoms with E-state index in [-0.39, 0.29) is 0 Å². The molecule has 0 unspecified atom stereocenters. The molecule has 1 saturated heterocycles. The lowest BCUT2D eigenvalue weighted by Crippen LogP contribution is -2.26. The first kappa shape index (κ1) is 24.1. The van der Waals surface area contributed by atoms with Gasteiger partial charge >= 0.3 is 0 Å². The van der Waals surface area contributed by atoms with E-state index in [0.717, 1.165) is 0 Å². The van der Waals surface area contributed by atoms with Gasteiger partial charge in [-0.05, 0) is 36.1 Å². The normalized spacial score (nSPS) is 17.6. The Morgan fingerprint density at radius 2 is 0.811 bits per heavy atom. The molecule has 5 aromatic carbocycles. The van der Waals surface area contributed by atoms with Crippen LogP contribution in [0, 0.1) is 0 Å². The van der Waals surface area contributed by atoms with Gasteiger partial charge in [0, 0.05) is 35.7 Å². The molecule has 1 heterocycles. The first-order chi connectivity index (χ1) is 18.4. The molecule has 0 bridgehead atoms. The highest BCUT2D eigenvalue weighted by atomic mass is 31.2. The van der Waals surface area contributed by atoms with Crippen LogP contribution in [0.1, 0.15) is 35.3 Å². The highest BCUT2D eigenvalue weighted by Crippen LogP contribution is 2.76. The molecule has 182 valence electrons. The minimum absolute atomic E-state index is 0.513. The molecule has 6 rings (SSSR count). The number of benzene rings is 5. The quantitative estimate of drug-likeness (QED) is 0.195. The molecule has 0 spiro atoms. The summed E-state index contributed by atoms with van der Waals surface area (Å²) in [5.74, 6) is 0. The van der Waals surface area contributed by atoms with Gasteiger partial charge in [0.15, 0.2) is 0 Å². The van der Waals surface area contributed by atoms with Gasteiger partial charge < -0.3 is 4.44 Å². The predicted octanol–water partition coefficient (Wildman–Crippen LogP) is 9.21. The van der Waals surface area contributed by atoms with Gasteiger partial charge in [-0.2, -0.15) is 0 Å². The average Bonchev–Trinajstić information content (AvgIpc) is 3.43. The van der Waals surface area contributed by atoms with E-state index in [1.165, 1.54) is 40.3 Å². The Balaban J connectivity index is 1.58. The van der Waals surface area contributed by atoms with Gasteiger partial charge in [-0.1, -0.05) is 140 Å². The fourth-order valence-corrected chi connectivity index (χ4v) is 12.8. The summed E-state index contributed by atoms with van der Waals surface area (Å²) >= 11 is 0. The first-order valence-corrected chi connectivity index (χ1v) is 15.8. The molecule has 1 aliphatic rings. The molecule has 0 N–H and O–H groups in total. The molecule has 3 heteroatoms. The van der Waals surface area contributed by atoms with E-state index in [4.69, 9.17) is 0 Å². The lowest BCUT2D eigenvalue weighted by Gasteiger charge is -2.44. The zero-order chi connectivity index (χ0) is 24.9. The van der Waals surface area contributed by atoms with Crippen molar-refractivity contribution < 1.29 is 0 Å². The lowest BCUT2D eigenvalue weighted by atomic mass is 10.0. The molecule has 1 nitrogen and oxygen atoms in total. The highest BCUT2D eigenvalue weighted by Gasteiger charge is 2.44. The zero-order valence-electron chi connectivity index (χ0n) is 20.8. The van der Waals surface area contributed by atoms with Crippen LogP contribution in [0.4, 0.5) is 5.69 Å². The van der Waals surface area contributed by atoms with Gasteiger partial charge in [0.1, 0.15) is 0 Å². The van der Waals surface area contributed by atoms with Crippen LogP contribution in [0.5, 0.6) is 0 Å². The minimum atomic E-state index is -0.773. The second-order valence-electron chi connectivity index (χ2n) is 9.42. The van der Waals surface area contributed by atoms with Crippen LogP contribution < -0.4 is 15.1 Å². The molecule has 0 saturated carbocycles. The van der Waals surface area contributed by atoms with Crippen molar-refractivity contribution in [3.05, 3.63) is 163 Å². The average molecular weight is 516 g/mol. The number of hydrogen-bond acceptors (Lipinski definition) is 1. The third-order valence-electron chi connectivity index (χ3n) is 7.12. The van der Waals surface area contributed by atoms with Crippen molar-refractivity contribution in [2.24, 2.45) is 0 Å². The number of para-hydroxylation sites is 1. The van der Waals surface area contributed by atoms with Crippen LogP contribution in [0.25, 0.3) is 0 Å². The van der Waals surface area contributed by atoms with Gasteiger partial charge in [0.05, 0.1) is 8.07 Å². The van der Waals surface area contributed by atoms with Crippen LogP contribution in [0.15, 0.2) is 152 Å². The summed E-state index contributed by atoms with van der Waals surface area (Å²) in [6, 6.07) is 56.1. The summed E-state index contributed by atoms with van der Waals surface area (Å²) < 4.78 is 2.87. The van der Waals surface area contributed by atoms with E-state index in [0.29, 0.717) is 11.3 Å². The molecular weight excluding hydrogens is 484 g/mol. The topological polar surface area (TPSA) is 3.24 Å². The van der Waals surface area contributed by atoms with Crippen molar-refractivity contribution in [1.82, 2.24) is 0 Å². The number of rotatable bonds is 7. The third-order valence-corrected chi connectivity index (χ3v) is 13.5. The molecule has 0 aliphatic carbocycles. The molecule has 37 heavy (non-hydrogen) atoms. The van der Waals surface area contributed by atoms with E-state index >= 15 is 0 Å². The maximum Gasteiger partial charge on any atom is 0.0585 e. The molecule has 0 amide bonds. The molecule has 5 aromatic rings. The Bertz CT molecular complexity index is 1290. The summed E-state index contributed by atoms with van der Waals surface area (Å²) in [5, 5.41) is 2.81. The Kier molecular flexibility index (Phi) is 7.45. The summed E-state index contributed by atoms with van der Waals surface area (Å²) in [6.45, 7) is 0. The van der Waals surface area contributed by atoms with Crippen molar-refractivity contribution in [2.45, 2.75) is 24.2 Å². The van der Waals surface area contributed by atoms with Crippen molar-refractivity contribution in [1.29, 1.82) is 0 Å². The van der Waals surface area contributed by atoms with E-state index < -0.39 is 16.1 Å². The predicted molar refractivity (Wildman–Crippen MR) is 163 cm³/mol. The molecule has 0 radical (unpaired) electrons. The SMILES string of the molecule is c1ccc([C@@H]2CC[C@@H](c3ccccc3)P2N(c2ccccc2)P(c2ccccc2)c2ccccc2)cc1. The Morgan fingerprint density at radius 3 is 1.22 bits per heavy atom. The van der Waals surface area contributed by atoms with Gasteiger partial charge in [-0.25, -0.2) is 0 Å². The molecule has 1 aliphatic heterocycles. The summed E-state index contributed by atoms with van der Waals surface area (Å²) in [6.07, 6.45) is 2.43. The van der Waals surface area contributed by atoms with Crippen LogP contribution in [0.2, 0.25) is 0 Å². The monoisotopic (exact) mass is 515 g/mol. The second kappa shape index (κ2) is 11.4. The largest absolute Gasteiger partial charge is 0.320 e. The van der Waals surface area contributed by atoms with Crippen LogP contribution in [0.3, 0.4) is 0 Å². The van der Waals surface area contributed by atoms with E-state index in [2.05, 4.69) is 156 Å². The standard InChI is InChI=1S/C34H31NP2/c1-6-16-28(17-7-1)33-26-27-34(29-18-8-2-9-19-29)37(33)35(30-20-10-3-11-21-30)36(31-22-12-4-13-23-31)32-24-14-5-15-25-32/h1-25,33-34H,26-27H2/t33-,34-/m0/s1. The molecular formula is C34H31NP2. The number of nitrogens with zero attached hydrogens (tertiary/aromatic N) is 1. The molecule has 0 aromatic heterocycles. The highest BCUT2D eigenvalue weighted by molar-refractivity contribution is 7.85. The maximum absolute atomic E-state index is 2.87. The van der Waals surface area contributed by atoms with Crippen molar-refractivity contribution in [3.63, 3.8) is 0 Å². The van der Waals surface area contributed by atoms with Crippen molar-refractivity contribution in [2.75, 3.05) is 4.44 Å². The zero-order valence-corrected chi connectivity index (χ0v) is 22.6. The summed E-state index contributed by atoms with van der Waals surface area (Å²) in [5.41, 5.74) is 5.31. The number of anilines is 1. The van der Waals surface area contributed by atoms with Gasteiger partial charge in [0.25, 0.3) is 0 Å². The van der Waals surface area contributed by atoms with Gasteiger partial charge in [-0.3, -0.25) is 0 Å². The summed E-state index contributed by atoms with van der Waals surface area (Å²) in [7, 11) is -1.36. The van der Waals surface area contributed by atoms with Crippen LogP contribution in [-0.4, -0.2) is 0 Å².